The molecule has 0 aliphatic rings. The fourth-order valence-electron chi connectivity index (χ4n) is 5.23. The molecule has 4 aromatic rings. The van der Waals surface area contributed by atoms with Gasteiger partial charge in [-0.05, 0) is 83.2 Å². The van der Waals surface area contributed by atoms with Gasteiger partial charge in [-0.3, -0.25) is 4.79 Å². The van der Waals surface area contributed by atoms with Crippen molar-refractivity contribution in [2.75, 3.05) is 20.1 Å². The summed E-state index contributed by atoms with van der Waals surface area (Å²) >= 11 is 0. The smallest absolute Gasteiger partial charge is 0.407 e. The van der Waals surface area contributed by atoms with Gasteiger partial charge in [0.25, 0.3) is 0 Å². The van der Waals surface area contributed by atoms with E-state index in [0.717, 1.165) is 41.5 Å². The molecule has 248 valence electrons. The van der Waals surface area contributed by atoms with Crippen LogP contribution in [0.2, 0.25) is 0 Å². The number of H-pyrrole nitrogens is 1. The minimum atomic E-state index is -1.05. The van der Waals surface area contributed by atoms with Gasteiger partial charge in [0, 0.05) is 26.6 Å². The first-order chi connectivity index (χ1) is 22.9. The van der Waals surface area contributed by atoms with Gasteiger partial charge in [0.1, 0.15) is 6.61 Å². The highest BCUT2D eigenvalue weighted by atomic mass is 16.5. The molecule has 0 bridgehead atoms. The monoisotopic (exact) mass is 641 g/mol. The maximum absolute atomic E-state index is 13.1. The third-order valence-electron chi connectivity index (χ3n) is 7.96. The molecule has 4 rings (SSSR count). The Morgan fingerprint density at radius 1 is 0.809 bits per heavy atom. The number of rotatable bonds is 18. The van der Waals surface area contributed by atoms with Crippen LogP contribution in [0.3, 0.4) is 0 Å². The van der Waals surface area contributed by atoms with Gasteiger partial charge in [0.2, 0.25) is 5.91 Å². The summed E-state index contributed by atoms with van der Waals surface area (Å²) in [6, 6.07) is 26.1. The van der Waals surface area contributed by atoms with Crippen LogP contribution in [0.25, 0.3) is 11.1 Å². The second-order valence-electron chi connectivity index (χ2n) is 11.4. The third kappa shape index (κ3) is 11.9. The van der Waals surface area contributed by atoms with Crippen molar-refractivity contribution >= 4 is 18.1 Å². The van der Waals surface area contributed by atoms with Crippen molar-refractivity contribution in [3.05, 3.63) is 101 Å². The van der Waals surface area contributed by atoms with Crippen LogP contribution in [0.5, 0.6) is 0 Å². The Morgan fingerprint density at radius 2 is 1.45 bits per heavy atom. The number of aryl methyl sites for hydroxylation is 2. The average molecular weight is 642 g/mol. The van der Waals surface area contributed by atoms with Gasteiger partial charge in [-0.15, -0.1) is 5.10 Å². The Morgan fingerprint density at radius 3 is 2.09 bits per heavy atom. The van der Waals surface area contributed by atoms with Gasteiger partial charge < -0.3 is 25.4 Å². The second-order valence-corrected chi connectivity index (χ2v) is 11.4. The van der Waals surface area contributed by atoms with Crippen molar-refractivity contribution in [2.45, 2.75) is 64.0 Å². The van der Waals surface area contributed by atoms with E-state index in [1.807, 2.05) is 30.3 Å². The lowest BCUT2D eigenvalue weighted by Crippen LogP contribution is -2.32. The SMILES string of the molecule is CN(C(=O)CCc1ccc(-c2ccc(CCCCNC(=O)OCc3ccccc3)cc2)cc1)C(CCCCNC(=O)O)c1nnn[nH]1. The van der Waals surface area contributed by atoms with Crippen LogP contribution in [0.15, 0.2) is 78.9 Å². The lowest BCUT2D eigenvalue weighted by Gasteiger charge is -2.26. The summed E-state index contributed by atoms with van der Waals surface area (Å²) in [6.07, 6.45) is 4.22. The number of unbranched alkanes of at least 4 members (excludes halogenated alkanes) is 2. The molecule has 4 N–H and O–H groups in total. The average Bonchev–Trinajstić information content (AvgIpc) is 3.63. The molecule has 1 unspecified atom stereocenters. The molecule has 1 heterocycles. The largest absolute Gasteiger partial charge is 0.465 e. The quantitative estimate of drug-likeness (QED) is 0.101. The van der Waals surface area contributed by atoms with Gasteiger partial charge >= 0.3 is 12.2 Å². The normalized spacial score (nSPS) is 11.4. The van der Waals surface area contributed by atoms with E-state index in [1.54, 1.807) is 11.9 Å². The molecule has 12 heteroatoms. The Hall–Kier alpha value is -5.26. The first-order valence-corrected chi connectivity index (χ1v) is 16.0. The standard InChI is InChI=1S/C35H43N7O5/c1-42(31(33-38-40-41-39-33)12-6-8-23-36-34(44)45)32(43)22-17-27-15-20-30(21-16-27)29-18-13-26(14-19-29)9-5-7-24-37-35(46)47-25-28-10-3-2-4-11-28/h2-4,10-11,13-16,18-21,31,36H,5-9,12,17,22-25H2,1H3,(H,37,46)(H,44,45)(H,38,39,40,41). The molecule has 0 saturated heterocycles. The number of nitrogens with zero attached hydrogens (tertiary/aromatic N) is 4. The fourth-order valence-corrected chi connectivity index (χ4v) is 5.23. The minimum Gasteiger partial charge on any atom is -0.465 e. The molecule has 0 radical (unpaired) electrons. The number of alkyl carbamates (subject to hydrolysis) is 1. The zero-order valence-corrected chi connectivity index (χ0v) is 26.7. The van der Waals surface area contributed by atoms with Gasteiger partial charge in [-0.1, -0.05) is 78.9 Å². The Balaban J connectivity index is 1.16. The molecule has 3 aromatic carbocycles. The highest BCUT2D eigenvalue weighted by Gasteiger charge is 2.24. The van der Waals surface area contributed by atoms with Gasteiger partial charge in [-0.25, -0.2) is 14.7 Å². The first-order valence-electron chi connectivity index (χ1n) is 16.0. The van der Waals surface area contributed by atoms with Gasteiger partial charge in [-0.2, -0.15) is 0 Å². The van der Waals surface area contributed by atoms with E-state index in [2.05, 4.69) is 79.8 Å². The van der Waals surface area contributed by atoms with E-state index in [9.17, 15) is 14.4 Å². The van der Waals surface area contributed by atoms with Crippen molar-refractivity contribution in [2.24, 2.45) is 0 Å². The highest BCUT2D eigenvalue weighted by molar-refractivity contribution is 5.76. The van der Waals surface area contributed by atoms with Crippen LogP contribution in [0.1, 0.15) is 67.1 Å². The zero-order valence-electron chi connectivity index (χ0n) is 26.7. The number of carbonyl (C=O) groups is 3. The molecule has 1 atom stereocenters. The topological polar surface area (TPSA) is 162 Å². The number of benzene rings is 3. The predicted octanol–water partition coefficient (Wildman–Crippen LogP) is 5.69. The molecular formula is C35H43N7O5. The van der Waals surface area contributed by atoms with Crippen LogP contribution in [-0.4, -0.2) is 68.9 Å². The fraction of sp³-hybridized carbons (Fsp3) is 0.371. The number of aromatic amines is 1. The van der Waals surface area contributed by atoms with Crippen molar-refractivity contribution in [1.29, 1.82) is 0 Å². The molecule has 3 amide bonds. The number of ether oxygens (including phenoxy) is 1. The number of aromatic nitrogens is 4. The summed E-state index contributed by atoms with van der Waals surface area (Å²) in [4.78, 5) is 37.3. The van der Waals surface area contributed by atoms with E-state index < -0.39 is 12.2 Å². The van der Waals surface area contributed by atoms with E-state index in [4.69, 9.17) is 9.84 Å². The molecule has 0 aliphatic heterocycles. The molecule has 1 aromatic heterocycles. The Bertz CT molecular complexity index is 1510. The molecule has 47 heavy (non-hydrogen) atoms. The van der Waals surface area contributed by atoms with Crippen LogP contribution < -0.4 is 10.6 Å². The second kappa shape index (κ2) is 18.6. The van der Waals surface area contributed by atoms with Gasteiger partial charge in [0.15, 0.2) is 5.82 Å². The Labute approximate surface area is 274 Å². The minimum absolute atomic E-state index is 0.0199. The number of tetrazole rings is 1. The van der Waals surface area contributed by atoms with Crippen molar-refractivity contribution in [3.8, 4) is 11.1 Å². The molecule has 0 saturated carbocycles. The molecule has 12 nitrogen and oxygen atoms in total. The van der Waals surface area contributed by atoms with Gasteiger partial charge in [0.05, 0.1) is 6.04 Å². The number of hydrogen-bond donors (Lipinski definition) is 4. The lowest BCUT2D eigenvalue weighted by molar-refractivity contribution is -0.132. The molecule has 0 spiro atoms. The van der Waals surface area contributed by atoms with Crippen LogP contribution in [0.4, 0.5) is 9.59 Å². The molecule has 0 fully saturated rings. The zero-order chi connectivity index (χ0) is 33.3. The maximum atomic E-state index is 13.1. The van der Waals surface area contributed by atoms with Crippen LogP contribution >= 0.6 is 0 Å². The van der Waals surface area contributed by atoms with Crippen molar-refractivity contribution in [3.63, 3.8) is 0 Å². The lowest BCUT2D eigenvalue weighted by atomic mass is 9.99. The summed E-state index contributed by atoms with van der Waals surface area (Å²) in [5.74, 6) is 0.490. The summed E-state index contributed by atoms with van der Waals surface area (Å²) in [7, 11) is 1.75. The number of carbonyl (C=O) groups excluding carboxylic acids is 2. The van der Waals surface area contributed by atoms with Crippen molar-refractivity contribution in [1.82, 2.24) is 36.2 Å². The number of amides is 3. The van der Waals surface area contributed by atoms with Crippen LogP contribution in [0, 0.1) is 0 Å². The van der Waals surface area contributed by atoms with Crippen molar-refractivity contribution < 1.29 is 24.2 Å². The first kappa shape index (κ1) is 34.6. The number of carboxylic acid groups (broad SMARTS) is 1. The number of hydrogen-bond acceptors (Lipinski definition) is 7. The predicted molar refractivity (Wildman–Crippen MR) is 177 cm³/mol. The summed E-state index contributed by atoms with van der Waals surface area (Å²) < 4.78 is 5.24. The number of nitrogens with one attached hydrogen (secondary N) is 3. The van der Waals surface area contributed by atoms with Crippen LogP contribution in [-0.2, 0) is 29.0 Å². The maximum Gasteiger partial charge on any atom is 0.407 e. The summed E-state index contributed by atoms with van der Waals surface area (Å²) in [5.41, 5.74) is 5.51. The summed E-state index contributed by atoms with van der Waals surface area (Å²) in [6.45, 7) is 1.19. The summed E-state index contributed by atoms with van der Waals surface area (Å²) in [5, 5.41) is 28.0. The van der Waals surface area contributed by atoms with E-state index in [0.29, 0.717) is 51.0 Å². The Kier molecular flexibility index (Phi) is 13.7. The van der Waals surface area contributed by atoms with E-state index >= 15 is 0 Å². The molecular weight excluding hydrogens is 598 g/mol. The molecule has 0 aliphatic carbocycles. The van der Waals surface area contributed by atoms with E-state index in [1.165, 1.54) is 5.56 Å². The van der Waals surface area contributed by atoms with E-state index in [-0.39, 0.29) is 18.6 Å². The third-order valence-corrected chi connectivity index (χ3v) is 7.96. The highest BCUT2D eigenvalue weighted by Crippen LogP contribution is 2.24.